The van der Waals surface area contributed by atoms with Crippen molar-refractivity contribution in [3.05, 3.63) is 131 Å². The molecule has 3 aliphatic rings. The summed E-state index contributed by atoms with van der Waals surface area (Å²) in [4.78, 5) is 4.94. The van der Waals surface area contributed by atoms with Gasteiger partial charge in [0.1, 0.15) is 17.5 Å². The molecule has 176 valence electrons. The second kappa shape index (κ2) is 7.89. The van der Waals surface area contributed by atoms with E-state index in [1.807, 2.05) is 0 Å². The van der Waals surface area contributed by atoms with Crippen molar-refractivity contribution in [2.75, 3.05) is 11.9 Å². The van der Waals surface area contributed by atoms with E-state index >= 15 is 0 Å². The molecule has 0 saturated heterocycles. The molecule has 0 saturated carbocycles. The lowest BCUT2D eigenvalue weighted by Gasteiger charge is -2.33. The van der Waals surface area contributed by atoms with E-state index in [1.54, 1.807) is 0 Å². The molecular formula is C33H28N2O. The zero-order valence-electron chi connectivity index (χ0n) is 20.7. The van der Waals surface area contributed by atoms with Crippen molar-refractivity contribution in [1.29, 1.82) is 0 Å². The van der Waals surface area contributed by atoms with Gasteiger partial charge in [-0.25, -0.2) is 0 Å². The monoisotopic (exact) mass is 468 g/mol. The molecule has 0 amide bonds. The summed E-state index contributed by atoms with van der Waals surface area (Å²) in [5, 5.41) is 3.63. The standard InChI is InChI=1S/C33H28N2O/c1-21-12-13-26(18-21)23-14-16-27(17-15-23)35-30-11-7-6-10-29(30)34(3)33(35)32-22(2)36-31-20-25-9-5-4-8-24(25)19-28(31)32/h4-6,8-10,12-20,33H,1,7,11H2,2-3H3. The second-order valence-corrected chi connectivity index (χ2v) is 9.95. The maximum atomic E-state index is 6.39. The summed E-state index contributed by atoms with van der Waals surface area (Å²) in [6.45, 7) is 6.16. The Bertz CT molecular complexity index is 1680. The molecule has 1 aromatic heterocycles. The number of nitrogens with zero attached hydrogens (tertiary/aromatic N) is 2. The molecule has 0 spiro atoms. The van der Waals surface area contributed by atoms with Crippen LogP contribution in [0.4, 0.5) is 5.69 Å². The van der Waals surface area contributed by atoms with E-state index in [2.05, 4.69) is 121 Å². The number of benzene rings is 3. The predicted octanol–water partition coefficient (Wildman–Crippen LogP) is 8.42. The van der Waals surface area contributed by atoms with Crippen LogP contribution in [0.3, 0.4) is 0 Å². The zero-order chi connectivity index (χ0) is 24.4. The molecule has 36 heavy (non-hydrogen) atoms. The predicted molar refractivity (Wildman–Crippen MR) is 150 cm³/mol. The number of hydrogen-bond donors (Lipinski definition) is 0. The molecule has 1 atom stereocenters. The average molecular weight is 469 g/mol. The van der Waals surface area contributed by atoms with Crippen LogP contribution in [0.25, 0.3) is 27.3 Å². The fraction of sp³-hybridized carbons (Fsp3) is 0.152. The van der Waals surface area contributed by atoms with Gasteiger partial charge in [0.2, 0.25) is 0 Å². The van der Waals surface area contributed by atoms with Crippen LogP contribution in [-0.2, 0) is 0 Å². The van der Waals surface area contributed by atoms with Crippen molar-refractivity contribution in [3.8, 4) is 0 Å². The van der Waals surface area contributed by atoms with Crippen molar-refractivity contribution in [2.24, 2.45) is 0 Å². The Kier molecular flexibility index (Phi) is 4.62. The van der Waals surface area contributed by atoms with Gasteiger partial charge in [-0.3, -0.25) is 0 Å². The van der Waals surface area contributed by atoms with Crippen molar-refractivity contribution in [3.63, 3.8) is 0 Å². The number of rotatable bonds is 3. The summed E-state index contributed by atoms with van der Waals surface area (Å²) in [6.07, 6.45) is 13.0. The van der Waals surface area contributed by atoms with Crippen molar-refractivity contribution < 1.29 is 4.42 Å². The minimum atomic E-state index is 0.0244. The lowest BCUT2D eigenvalue weighted by Crippen LogP contribution is -2.31. The molecule has 0 bridgehead atoms. The lowest BCUT2D eigenvalue weighted by atomic mass is 10.0. The summed E-state index contributed by atoms with van der Waals surface area (Å²) >= 11 is 0. The molecular weight excluding hydrogens is 440 g/mol. The van der Waals surface area contributed by atoms with Gasteiger partial charge in [0.15, 0.2) is 0 Å². The average Bonchev–Trinajstić information content (AvgIpc) is 3.55. The first-order chi connectivity index (χ1) is 17.6. The Balaban J connectivity index is 1.39. The van der Waals surface area contributed by atoms with Gasteiger partial charge in [0.25, 0.3) is 0 Å². The van der Waals surface area contributed by atoms with E-state index in [1.165, 1.54) is 49.9 Å². The first-order valence-electron chi connectivity index (χ1n) is 12.6. The van der Waals surface area contributed by atoms with Crippen LogP contribution in [-0.4, -0.2) is 11.9 Å². The summed E-state index contributed by atoms with van der Waals surface area (Å²) in [5.41, 5.74) is 9.54. The molecule has 0 N–H and O–H groups in total. The van der Waals surface area contributed by atoms with Gasteiger partial charge in [-0.1, -0.05) is 61.2 Å². The van der Waals surface area contributed by atoms with Gasteiger partial charge in [-0.15, -0.1) is 0 Å². The summed E-state index contributed by atoms with van der Waals surface area (Å²) in [7, 11) is 2.21. The quantitative estimate of drug-likeness (QED) is 0.301. The Morgan fingerprint density at radius 3 is 2.47 bits per heavy atom. The van der Waals surface area contributed by atoms with E-state index < -0.39 is 0 Å². The van der Waals surface area contributed by atoms with Crippen LogP contribution in [0, 0.1) is 6.92 Å². The van der Waals surface area contributed by atoms with Crippen LogP contribution in [0.15, 0.2) is 119 Å². The number of anilines is 1. The highest BCUT2D eigenvalue weighted by molar-refractivity contribution is 5.98. The van der Waals surface area contributed by atoms with Crippen LogP contribution in [0.2, 0.25) is 0 Å². The molecule has 3 nitrogen and oxygen atoms in total. The molecule has 1 aliphatic heterocycles. The largest absolute Gasteiger partial charge is 0.461 e. The molecule has 0 radical (unpaired) electrons. The maximum Gasteiger partial charge on any atom is 0.136 e. The SMILES string of the molecule is C=C1C=CC(c2ccc(N3C4=C(C=CCC4)N(C)C3c3c(C)oc4cc5ccccc5cc34)cc2)=C1. The highest BCUT2D eigenvalue weighted by atomic mass is 16.3. The molecule has 3 aromatic carbocycles. The smallest absolute Gasteiger partial charge is 0.136 e. The summed E-state index contributed by atoms with van der Waals surface area (Å²) in [6, 6.07) is 22.0. The minimum absolute atomic E-state index is 0.0244. The molecule has 2 heterocycles. The fourth-order valence-corrected chi connectivity index (χ4v) is 6.01. The van der Waals surface area contributed by atoms with Crippen LogP contribution < -0.4 is 4.90 Å². The first-order valence-corrected chi connectivity index (χ1v) is 12.6. The third kappa shape index (κ3) is 3.12. The van der Waals surface area contributed by atoms with Gasteiger partial charge in [-0.2, -0.15) is 0 Å². The third-order valence-corrected chi connectivity index (χ3v) is 7.74. The number of furan rings is 1. The molecule has 3 heteroatoms. The van der Waals surface area contributed by atoms with Crippen molar-refractivity contribution in [2.45, 2.75) is 25.9 Å². The minimum Gasteiger partial charge on any atom is -0.461 e. The van der Waals surface area contributed by atoms with Gasteiger partial charge >= 0.3 is 0 Å². The second-order valence-electron chi connectivity index (χ2n) is 9.95. The van der Waals surface area contributed by atoms with Gasteiger partial charge in [0.05, 0.1) is 5.70 Å². The highest BCUT2D eigenvalue weighted by Gasteiger charge is 2.40. The van der Waals surface area contributed by atoms with Crippen LogP contribution in [0.5, 0.6) is 0 Å². The van der Waals surface area contributed by atoms with Crippen molar-refractivity contribution >= 4 is 33.0 Å². The third-order valence-electron chi connectivity index (χ3n) is 7.74. The molecule has 1 unspecified atom stereocenters. The van der Waals surface area contributed by atoms with E-state index in [0.29, 0.717) is 0 Å². The Morgan fingerprint density at radius 1 is 0.944 bits per heavy atom. The Hall–Kier alpha value is -4.24. The molecule has 7 rings (SSSR count). The van der Waals surface area contributed by atoms with Gasteiger partial charge in [-0.05, 0) is 83.7 Å². The zero-order valence-corrected chi connectivity index (χ0v) is 20.7. The van der Waals surface area contributed by atoms with Gasteiger partial charge in [0, 0.05) is 29.4 Å². The molecule has 0 fully saturated rings. The van der Waals surface area contributed by atoms with Crippen LogP contribution >= 0.6 is 0 Å². The van der Waals surface area contributed by atoms with E-state index in [9.17, 15) is 0 Å². The van der Waals surface area contributed by atoms with Crippen molar-refractivity contribution in [1.82, 2.24) is 4.90 Å². The fourth-order valence-electron chi connectivity index (χ4n) is 6.01. The maximum absolute atomic E-state index is 6.39. The number of allylic oxidation sites excluding steroid dienone is 8. The molecule has 2 aliphatic carbocycles. The Morgan fingerprint density at radius 2 is 1.72 bits per heavy atom. The number of aryl methyl sites for hydroxylation is 1. The number of hydrogen-bond acceptors (Lipinski definition) is 3. The Labute approximate surface area is 211 Å². The van der Waals surface area contributed by atoms with Gasteiger partial charge < -0.3 is 14.2 Å². The summed E-state index contributed by atoms with van der Waals surface area (Å²) < 4.78 is 6.39. The van der Waals surface area contributed by atoms with E-state index in [-0.39, 0.29) is 6.17 Å². The lowest BCUT2D eigenvalue weighted by molar-refractivity contribution is 0.347. The molecule has 4 aromatic rings. The van der Waals surface area contributed by atoms with E-state index in [4.69, 9.17) is 4.42 Å². The highest BCUT2D eigenvalue weighted by Crippen LogP contribution is 2.48. The first kappa shape index (κ1) is 21.1. The van der Waals surface area contributed by atoms with Crippen LogP contribution in [0.1, 0.15) is 35.9 Å². The summed E-state index contributed by atoms with van der Waals surface area (Å²) in [5.74, 6) is 0.974. The topological polar surface area (TPSA) is 19.6 Å². The normalized spacial score (nSPS) is 19.2. The van der Waals surface area contributed by atoms with E-state index in [0.717, 1.165) is 29.8 Å². The number of likely N-dealkylation sites (N-methyl/N-ethyl adjacent to an activating group) is 1. The number of fused-ring (bicyclic) bond motifs is 2.